The van der Waals surface area contributed by atoms with Crippen LogP contribution in [0, 0.1) is 19.7 Å². The van der Waals surface area contributed by atoms with E-state index in [1.54, 1.807) is 6.07 Å². The Morgan fingerprint density at radius 2 is 2.14 bits per heavy atom. The third kappa shape index (κ3) is 3.84. The number of hydrogen-bond donors (Lipinski definition) is 1. The quantitative estimate of drug-likeness (QED) is 0.862. The van der Waals surface area contributed by atoms with Gasteiger partial charge in [0.05, 0.1) is 7.11 Å². The lowest BCUT2D eigenvalue weighted by atomic mass is 9.98. The molecule has 22 heavy (non-hydrogen) atoms. The number of nitrogens with one attached hydrogen (secondary N) is 1. The molecule has 0 bridgehead atoms. The fourth-order valence-corrected chi connectivity index (χ4v) is 2.95. The average Bonchev–Trinajstić information content (AvgIpc) is 2.48. The van der Waals surface area contributed by atoms with Crippen molar-refractivity contribution in [2.45, 2.75) is 39.3 Å². The predicted molar refractivity (Wildman–Crippen MR) is 84.4 cm³/mol. The van der Waals surface area contributed by atoms with E-state index < -0.39 is 6.04 Å². The van der Waals surface area contributed by atoms with Crippen molar-refractivity contribution in [2.75, 3.05) is 26.7 Å². The van der Waals surface area contributed by atoms with Crippen LogP contribution in [-0.2, 0) is 16.0 Å². The largest absolute Gasteiger partial charge is 0.468 e. The topological polar surface area (TPSA) is 41.6 Å². The van der Waals surface area contributed by atoms with Crippen molar-refractivity contribution in [2.24, 2.45) is 0 Å². The first-order valence-corrected chi connectivity index (χ1v) is 7.73. The van der Waals surface area contributed by atoms with Gasteiger partial charge < -0.3 is 10.1 Å². The number of nitrogens with zero attached hydrogens (tertiary/aromatic N) is 1. The molecule has 2 rings (SSSR count). The summed E-state index contributed by atoms with van der Waals surface area (Å²) in [5, 5.41) is 3.35. The first-order valence-electron chi connectivity index (χ1n) is 7.73. The number of carbonyl (C=O) groups is 1. The van der Waals surface area contributed by atoms with E-state index in [9.17, 15) is 9.18 Å². The molecule has 0 amide bonds. The summed E-state index contributed by atoms with van der Waals surface area (Å²) >= 11 is 0. The zero-order valence-electron chi connectivity index (χ0n) is 13.8. The van der Waals surface area contributed by atoms with Crippen LogP contribution < -0.4 is 5.32 Å². The second-order valence-corrected chi connectivity index (χ2v) is 6.12. The van der Waals surface area contributed by atoms with Gasteiger partial charge in [0.2, 0.25) is 0 Å². The van der Waals surface area contributed by atoms with Gasteiger partial charge in [-0.2, -0.15) is 0 Å². The fourth-order valence-electron chi connectivity index (χ4n) is 2.95. The summed E-state index contributed by atoms with van der Waals surface area (Å²) in [4.78, 5) is 14.3. The molecule has 5 heteroatoms. The van der Waals surface area contributed by atoms with Crippen molar-refractivity contribution in [1.82, 2.24) is 10.2 Å². The molecule has 1 heterocycles. The third-order valence-electron chi connectivity index (χ3n) is 4.39. The Bertz CT molecular complexity index is 548. The van der Waals surface area contributed by atoms with E-state index in [4.69, 9.17) is 4.74 Å². The number of piperazine rings is 1. The summed E-state index contributed by atoms with van der Waals surface area (Å²) in [5.74, 6) is -0.549. The second-order valence-electron chi connectivity index (χ2n) is 6.12. The van der Waals surface area contributed by atoms with Crippen molar-refractivity contribution in [1.29, 1.82) is 0 Å². The highest BCUT2D eigenvalue weighted by molar-refractivity contribution is 5.76. The number of carbonyl (C=O) groups excluding carboxylic acids is 1. The van der Waals surface area contributed by atoms with Gasteiger partial charge in [-0.3, -0.25) is 9.69 Å². The third-order valence-corrected chi connectivity index (χ3v) is 4.39. The number of halogens is 1. The molecule has 0 unspecified atom stereocenters. The summed E-state index contributed by atoms with van der Waals surface area (Å²) in [6.07, 6.45) is 0.340. The first kappa shape index (κ1) is 16.9. The number of aryl methyl sites for hydroxylation is 2. The standard InChI is InChI=1S/C17H25FN2O2/c1-11-7-14(15(18)8-12(11)2)9-16(17(21)22-4)20-6-5-19-13(3)10-20/h7-8,13,16,19H,5-6,9-10H2,1-4H3/t13-,16-/m0/s1. The van der Waals surface area contributed by atoms with Gasteiger partial charge in [-0.05, 0) is 43.5 Å². The van der Waals surface area contributed by atoms with E-state index in [1.807, 2.05) is 19.9 Å². The van der Waals surface area contributed by atoms with Crippen molar-refractivity contribution >= 4 is 5.97 Å². The van der Waals surface area contributed by atoms with E-state index in [2.05, 4.69) is 17.1 Å². The van der Waals surface area contributed by atoms with Gasteiger partial charge in [0.25, 0.3) is 0 Å². The van der Waals surface area contributed by atoms with E-state index in [-0.39, 0.29) is 11.8 Å². The number of rotatable bonds is 4. The highest BCUT2D eigenvalue weighted by Crippen LogP contribution is 2.19. The Balaban J connectivity index is 2.23. The SMILES string of the molecule is COC(=O)[C@H](Cc1cc(C)c(C)cc1F)N1CCN[C@@H](C)C1. The Morgan fingerprint density at radius 1 is 1.45 bits per heavy atom. The molecule has 1 fully saturated rings. The maximum atomic E-state index is 14.2. The maximum absolute atomic E-state index is 14.2. The molecule has 122 valence electrons. The smallest absolute Gasteiger partial charge is 0.323 e. The zero-order valence-corrected chi connectivity index (χ0v) is 13.8. The van der Waals surface area contributed by atoms with Crippen LogP contribution in [0.2, 0.25) is 0 Å². The lowest BCUT2D eigenvalue weighted by molar-refractivity contribution is -0.147. The molecule has 4 nitrogen and oxygen atoms in total. The predicted octanol–water partition coefficient (Wildman–Crippen LogP) is 1.82. The number of benzene rings is 1. The highest BCUT2D eigenvalue weighted by atomic mass is 19.1. The van der Waals surface area contributed by atoms with Crippen LogP contribution in [0.5, 0.6) is 0 Å². The summed E-state index contributed by atoms with van der Waals surface area (Å²) in [5.41, 5.74) is 2.53. The lowest BCUT2D eigenvalue weighted by Crippen LogP contribution is -2.55. The van der Waals surface area contributed by atoms with Gasteiger partial charge in [-0.1, -0.05) is 6.07 Å². The molecule has 0 saturated carbocycles. The second kappa shape index (κ2) is 7.20. The van der Waals surface area contributed by atoms with Gasteiger partial charge in [-0.15, -0.1) is 0 Å². The Hall–Kier alpha value is -1.46. The minimum Gasteiger partial charge on any atom is -0.468 e. The number of esters is 1. The van der Waals surface area contributed by atoms with Gasteiger partial charge in [-0.25, -0.2) is 4.39 Å². The molecule has 2 atom stereocenters. The van der Waals surface area contributed by atoms with Gasteiger partial charge in [0, 0.05) is 32.1 Å². The molecule has 1 saturated heterocycles. The Kier molecular flexibility index (Phi) is 5.53. The molecule has 1 aliphatic heterocycles. The summed E-state index contributed by atoms with van der Waals surface area (Å²) in [7, 11) is 1.39. The summed E-state index contributed by atoms with van der Waals surface area (Å²) in [6, 6.07) is 3.25. The normalized spacial score (nSPS) is 20.7. The molecule has 0 radical (unpaired) electrons. The summed E-state index contributed by atoms with van der Waals surface area (Å²) < 4.78 is 19.2. The Labute approximate surface area is 131 Å². The van der Waals surface area contributed by atoms with Crippen LogP contribution in [0.3, 0.4) is 0 Å². The minimum absolute atomic E-state index is 0.250. The monoisotopic (exact) mass is 308 g/mol. The van der Waals surface area contributed by atoms with Gasteiger partial charge >= 0.3 is 5.97 Å². The van der Waals surface area contributed by atoms with E-state index in [0.717, 1.165) is 30.8 Å². The molecule has 0 spiro atoms. The van der Waals surface area contributed by atoms with E-state index in [1.165, 1.54) is 7.11 Å². The van der Waals surface area contributed by atoms with Gasteiger partial charge in [0.1, 0.15) is 11.9 Å². The number of methoxy groups -OCH3 is 1. The van der Waals surface area contributed by atoms with Crippen LogP contribution in [0.15, 0.2) is 12.1 Å². The lowest BCUT2D eigenvalue weighted by Gasteiger charge is -2.36. The van der Waals surface area contributed by atoms with Crippen molar-refractivity contribution in [3.05, 3.63) is 34.6 Å². The number of ether oxygens (including phenoxy) is 1. The molecular weight excluding hydrogens is 283 g/mol. The molecule has 0 aromatic heterocycles. The molecule has 1 aliphatic rings. The molecule has 0 aliphatic carbocycles. The van der Waals surface area contributed by atoms with Crippen LogP contribution in [-0.4, -0.2) is 49.7 Å². The Morgan fingerprint density at radius 3 is 2.77 bits per heavy atom. The van der Waals surface area contributed by atoms with Crippen molar-refractivity contribution in [3.8, 4) is 0 Å². The van der Waals surface area contributed by atoms with Crippen molar-refractivity contribution < 1.29 is 13.9 Å². The van der Waals surface area contributed by atoms with E-state index >= 15 is 0 Å². The molecule has 1 aromatic carbocycles. The number of hydrogen-bond acceptors (Lipinski definition) is 4. The molecule has 1 N–H and O–H groups in total. The first-order chi connectivity index (χ1) is 10.4. The van der Waals surface area contributed by atoms with Gasteiger partial charge in [0.15, 0.2) is 0 Å². The molecular formula is C17H25FN2O2. The van der Waals surface area contributed by atoms with Crippen LogP contribution >= 0.6 is 0 Å². The van der Waals surface area contributed by atoms with E-state index in [0.29, 0.717) is 18.0 Å². The summed E-state index contributed by atoms with van der Waals surface area (Å²) in [6.45, 7) is 8.26. The highest BCUT2D eigenvalue weighted by Gasteiger charge is 2.30. The van der Waals surface area contributed by atoms with Crippen LogP contribution in [0.4, 0.5) is 4.39 Å². The minimum atomic E-state index is -0.439. The van der Waals surface area contributed by atoms with Crippen molar-refractivity contribution in [3.63, 3.8) is 0 Å². The molecule has 1 aromatic rings. The maximum Gasteiger partial charge on any atom is 0.323 e. The zero-order chi connectivity index (χ0) is 16.3. The average molecular weight is 308 g/mol. The van der Waals surface area contributed by atoms with Crippen LogP contribution in [0.25, 0.3) is 0 Å². The fraction of sp³-hybridized carbons (Fsp3) is 0.588. The van der Waals surface area contributed by atoms with Crippen LogP contribution in [0.1, 0.15) is 23.6 Å².